The van der Waals surface area contributed by atoms with Gasteiger partial charge in [-0.05, 0) is 5.56 Å². The van der Waals surface area contributed by atoms with Crippen molar-refractivity contribution in [1.29, 1.82) is 0 Å². The van der Waals surface area contributed by atoms with Gasteiger partial charge in [0.25, 0.3) is 0 Å². The number of amides is 3. The van der Waals surface area contributed by atoms with E-state index in [1.165, 1.54) is 0 Å². The highest BCUT2D eigenvalue weighted by Gasteiger charge is 2.10. The molecule has 0 bridgehead atoms. The average Bonchev–Trinajstić information content (AvgIpc) is 2.27. The third kappa shape index (κ3) is 4.13. The van der Waals surface area contributed by atoms with Crippen LogP contribution in [0.4, 0.5) is 4.79 Å². The van der Waals surface area contributed by atoms with Gasteiger partial charge in [0, 0.05) is 12.5 Å². The number of carbonyl (C=O) groups excluding carboxylic acids is 2. The van der Waals surface area contributed by atoms with Crippen LogP contribution in [0.1, 0.15) is 19.4 Å². The van der Waals surface area contributed by atoms with Gasteiger partial charge in [0.2, 0.25) is 5.91 Å². The van der Waals surface area contributed by atoms with Crippen molar-refractivity contribution in [3.05, 3.63) is 35.9 Å². The fraction of sp³-hybridized carbons (Fsp3) is 0.333. The standard InChI is InChI=1S/C12H16N2O2/c1-9(2)11(15)14-12(16)13-8-10-6-4-3-5-7-10/h3-7,9H,8H2,1-2H3,(H2,13,14,15,16). The van der Waals surface area contributed by atoms with Crippen LogP contribution in [0.25, 0.3) is 0 Å². The second kappa shape index (κ2) is 5.90. The van der Waals surface area contributed by atoms with Crippen LogP contribution in [0.15, 0.2) is 30.3 Å². The van der Waals surface area contributed by atoms with E-state index in [0.29, 0.717) is 6.54 Å². The van der Waals surface area contributed by atoms with Crippen molar-refractivity contribution in [2.24, 2.45) is 5.92 Å². The van der Waals surface area contributed by atoms with Crippen LogP contribution < -0.4 is 10.6 Å². The minimum Gasteiger partial charge on any atom is -0.334 e. The lowest BCUT2D eigenvalue weighted by Gasteiger charge is -2.08. The van der Waals surface area contributed by atoms with Crippen molar-refractivity contribution in [2.75, 3.05) is 0 Å². The van der Waals surface area contributed by atoms with Gasteiger partial charge in [0.05, 0.1) is 0 Å². The van der Waals surface area contributed by atoms with Crippen molar-refractivity contribution in [3.8, 4) is 0 Å². The first-order chi connectivity index (χ1) is 7.59. The maximum Gasteiger partial charge on any atom is 0.321 e. The minimum absolute atomic E-state index is 0.192. The largest absolute Gasteiger partial charge is 0.334 e. The molecule has 0 atom stereocenters. The maximum atomic E-state index is 11.3. The third-order valence-electron chi connectivity index (χ3n) is 2.06. The Labute approximate surface area is 95.0 Å². The van der Waals surface area contributed by atoms with Crippen LogP contribution in [0.5, 0.6) is 0 Å². The van der Waals surface area contributed by atoms with Gasteiger partial charge >= 0.3 is 6.03 Å². The van der Waals surface area contributed by atoms with Gasteiger partial charge in [-0.3, -0.25) is 10.1 Å². The van der Waals surface area contributed by atoms with E-state index in [4.69, 9.17) is 0 Å². The first-order valence-electron chi connectivity index (χ1n) is 5.22. The molecular weight excluding hydrogens is 204 g/mol. The summed E-state index contributed by atoms with van der Waals surface area (Å²) >= 11 is 0. The Morgan fingerprint density at radius 3 is 2.38 bits per heavy atom. The molecular formula is C12H16N2O2. The number of nitrogens with one attached hydrogen (secondary N) is 2. The summed E-state index contributed by atoms with van der Waals surface area (Å²) in [7, 11) is 0. The molecule has 1 aromatic rings. The fourth-order valence-electron chi connectivity index (χ4n) is 1.08. The Hall–Kier alpha value is -1.84. The molecule has 0 aliphatic carbocycles. The van der Waals surface area contributed by atoms with Crippen LogP contribution in [0, 0.1) is 5.92 Å². The van der Waals surface area contributed by atoms with Crippen molar-refractivity contribution >= 4 is 11.9 Å². The molecule has 0 heterocycles. The Morgan fingerprint density at radius 2 is 1.81 bits per heavy atom. The molecule has 0 spiro atoms. The average molecular weight is 220 g/mol. The number of urea groups is 1. The van der Waals surface area contributed by atoms with Crippen molar-refractivity contribution in [3.63, 3.8) is 0 Å². The monoisotopic (exact) mass is 220 g/mol. The van der Waals surface area contributed by atoms with E-state index in [0.717, 1.165) is 5.56 Å². The quantitative estimate of drug-likeness (QED) is 0.814. The summed E-state index contributed by atoms with van der Waals surface area (Å²) < 4.78 is 0. The molecule has 16 heavy (non-hydrogen) atoms. The fourth-order valence-corrected chi connectivity index (χ4v) is 1.08. The molecule has 1 aromatic carbocycles. The van der Waals surface area contributed by atoms with Gasteiger partial charge in [-0.25, -0.2) is 4.79 Å². The van der Waals surface area contributed by atoms with E-state index >= 15 is 0 Å². The highest BCUT2D eigenvalue weighted by molar-refractivity contribution is 5.95. The van der Waals surface area contributed by atoms with E-state index in [1.54, 1.807) is 13.8 Å². The maximum absolute atomic E-state index is 11.3. The molecule has 0 radical (unpaired) electrons. The third-order valence-corrected chi connectivity index (χ3v) is 2.06. The highest BCUT2D eigenvalue weighted by atomic mass is 16.2. The van der Waals surface area contributed by atoms with Crippen LogP contribution in [0.2, 0.25) is 0 Å². The van der Waals surface area contributed by atoms with E-state index in [9.17, 15) is 9.59 Å². The molecule has 0 fully saturated rings. The molecule has 0 saturated heterocycles. The van der Waals surface area contributed by atoms with Crippen LogP contribution in [0.3, 0.4) is 0 Å². The summed E-state index contributed by atoms with van der Waals surface area (Å²) in [5, 5.41) is 4.87. The van der Waals surface area contributed by atoms with Gasteiger partial charge in [0.1, 0.15) is 0 Å². The molecule has 2 N–H and O–H groups in total. The summed E-state index contributed by atoms with van der Waals surface area (Å²) in [4.78, 5) is 22.5. The van der Waals surface area contributed by atoms with Crippen molar-refractivity contribution < 1.29 is 9.59 Å². The smallest absolute Gasteiger partial charge is 0.321 e. The topological polar surface area (TPSA) is 58.2 Å². The summed E-state index contributed by atoms with van der Waals surface area (Å²) in [6, 6.07) is 9.06. The molecule has 86 valence electrons. The molecule has 0 unspecified atom stereocenters. The van der Waals surface area contributed by atoms with E-state index < -0.39 is 6.03 Å². The zero-order valence-electron chi connectivity index (χ0n) is 9.49. The molecule has 4 nitrogen and oxygen atoms in total. The van der Waals surface area contributed by atoms with E-state index in [1.807, 2.05) is 30.3 Å². The summed E-state index contributed by atoms with van der Waals surface area (Å²) in [5.74, 6) is -0.465. The molecule has 1 rings (SSSR count). The van der Waals surface area contributed by atoms with E-state index in [2.05, 4.69) is 10.6 Å². The lowest BCUT2D eigenvalue weighted by atomic mass is 10.2. The van der Waals surface area contributed by atoms with E-state index in [-0.39, 0.29) is 11.8 Å². The number of hydrogen-bond acceptors (Lipinski definition) is 2. The van der Waals surface area contributed by atoms with Crippen LogP contribution >= 0.6 is 0 Å². The van der Waals surface area contributed by atoms with Gasteiger partial charge < -0.3 is 5.32 Å². The summed E-state index contributed by atoms with van der Waals surface area (Å²) in [6.07, 6.45) is 0. The molecule has 0 saturated carbocycles. The Balaban J connectivity index is 2.34. The van der Waals surface area contributed by atoms with Gasteiger partial charge in [-0.15, -0.1) is 0 Å². The second-order valence-corrected chi connectivity index (χ2v) is 3.81. The summed E-state index contributed by atoms with van der Waals surface area (Å²) in [6.45, 7) is 3.89. The Morgan fingerprint density at radius 1 is 1.19 bits per heavy atom. The molecule has 4 heteroatoms. The zero-order chi connectivity index (χ0) is 12.0. The zero-order valence-corrected chi connectivity index (χ0v) is 9.49. The first-order valence-corrected chi connectivity index (χ1v) is 5.22. The van der Waals surface area contributed by atoms with Crippen molar-refractivity contribution in [2.45, 2.75) is 20.4 Å². The molecule has 0 aliphatic heterocycles. The highest BCUT2D eigenvalue weighted by Crippen LogP contribution is 1.97. The van der Waals surface area contributed by atoms with Crippen LogP contribution in [-0.2, 0) is 11.3 Å². The Bertz CT molecular complexity index is 361. The summed E-state index contributed by atoms with van der Waals surface area (Å²) in [5.41, 5.74) is 0.995. The normalized spacial score (nSPS) is 9.94. The molecule has 0 aliphatic rings. The number of benzene rings is 1. The van der Waals surface area contributed by atoms with Gasteiger partial charge in [-0.1, -0.05) is 44.2 Å². The number of carbonyl (C=O) groups is 2. The number of imide groups is 1. The lowest BCUT2D eigenvalue weighted by Crippen LogP contribution is -2.40. The second-order valence-electron chi connectivity index (χ2n) is 3.81. The SMILES string of the molecule is CC(C)C(=O)NC(=O)NCc1ccccc1. The number of rotatable bonds is 3. The molecule has 0 aromatic heterocycles. The molecule has 3 amide bonds. The van der Waals surface area contributed by atoms with Gasteiger partial charge in [-0.2, -0.15) is 0 Å². The predicted octanol–water partition coefficient (Wildman–Crippen LogP) is 1.67. The van der Waals surface area contributed by atoms with Crippen LogP contribution in [-0.4, -0.2) is 11.9 Å². The minimum atomic E-state index is -0.456. The number of hydrogen-bond donors (Lipinski definition) is 2. The predicted molar refractivity (Wildman–Crippen MR) is 61.7 cm³/mol. The van der Waals surface area contributed by atoms with Gasteiger partial charge in [0.15, 0.2) is 0 Å². The Kier molecular flexibility index (Phi) is 4.51. The lowest BCUT2D eigenvalue weighted by molar-refractivity contribution is -0.122. The first kappa shape index (κ1) is 12.2. The van der Waals surface area contributed by atoms with Crippen molar-refractivity contribution in [1.82, 2.24) is 10.6 Å².